The summed E-state index contributed by atoms with van der Waals surface area (Å²) >= 11 is 0. The Morgan fingerprint density at radius 1 is 1.06 bits per heavy atom. The van der Waals surface area contributed by atoms with Crippen LogP contribution >= 0.6 is 0 Å². The van der Waals surface area contributed by atoms with Gasteiger partial charge in [-0.25, -0.2) is 0 Å². The maximum Gasteiger partial charge on any atom is 0.0484 e. The molecule has 2 heterocycles. The monoisotopic (exact) mass is 252 g/mol. The molecule has 3 unspecified atom stereocenters. The maximum absolute atomic E-state index is 6.22. The zero-order chi connectivity index (χ0) is 12.4. The number of fused-ring (bicyclic) bond motifs is 1. The number of nitrogens with zero attached hydrogens (tertiary/aromatic N) is 1. The molecule has 2 N–H and O–H groups in total. The first kappa shape index (κ1) is 12.9. The summed E-state index contributed by atoms with van der Waals surface area (Å²) in [5.41, 5.74) is 6.48. The molecule has 3 heteroatoms. The number of piperidine rings is 1. The van der Waals surface area contributed by atoms with Crippen LogP contribution in [0.5, 0.6) is 0 Å². The quantitative estimate of drug-likeness (QED) is 0.818. The molecule has 0 aromatic heterocycles. The van der Waals surface area contributed by atoms with E-state index < -0.39 is 0 Å². The Morgan fingerprint density at radius 2 is 1.94 bits per heavy atom. The largest absolute Gasteiger partial charge is 0.381 e. The Hall–Kier alpha value is -0.120. The molecule has 2 aliphatic heterocycles. The van der Waals surface area contributed by atoms with Gasteiger partial charge in [-0.1, -0.05) is 6.42 Å². The maximum atomic E-state index is 6.22. The van der Waals surface area contributed by atoms with Crippen molar-refractivity contribution >= 4 is 0 Å². The van der Waals surface area contributed by atoms with E-state index in [9.17, 15) is 0 Å². The normalized spacial score (nSPS) is 42.5. The highest BCUT2D eigenvalue weighted by Gasteiger charge is 2.45. The van der Waals surface area contributed by atoms with E-state index in [0.717, 1.165) is 38.1 Å². The lowest BCUT2D eigenvalue weighted by molar-refractivity contribution is -0.00878. The van der Waals surface area contributed by atoms with Gasteiger partial charge in [0, 0.05) is 31.3 Å². The van der Waals surface area contributed by atoms with Crippen LogP contribution in [0.1, 0.15) is 51.4 Å². The Labute approximate surface area is 111 Å². The molecule has 3 aliphatic rings. The summed E-state index contributed by atoms with van der Waals surface area (Å²) in [5, 5.41) is 0. The summed E-state index contributed by atoms with van der Waals surface area (Å²) in [6, 6.07) is 0.834. The second kappa shape index (κ2) is 5.48. The van der Waals surface area contributed by atoms with Gasteiger partial charge < -0.3 is 10.5 Å². The van der Waals surface area contributed by atoms with Crippen molar-refractivity contribution in [3.63, 3.8) is 0 Å². The Morgan fingerprint density at radius 3 is 2.83 bits per heavy atom. The van der Waals surface area contributed by atoms with Crippen molar-refractivity contribution in [2.45, 2.75) is 62.9 Å². The van der Waals surface area contributed by atoms with Crippen molar-refractivity contribution in [3.8, 4) is 0 Å². The minimum atomic E-state index is 0.254. The third-order valence-electron chi connectivity index (χ3n) is 5.63. The molecule has 104 valence electrons. The van der Waals surface area contributed by atoms with Crippen LogP contribution in [-0.2, 0) is 4.74 Å². The molecule has 3 rings (SSSR count). The fraction of sp³-hybridized carbons (Fsp3) is 1.00. The van der Waals surface area contributed by atoms with Crippen molar-refractivity contribution in [3.05, 3.63) is 0 Å². The van der Waals surface area contributed by atoms with Gasteiger partial charge in [-0.3, -0.25) is 4.90 Å². The summed E-state index contributed by atoms with van der Waals surface area (Å²) < 4.78 is 5.67. The molecule has 3 atom stereocenters. The van der Waals surface area contributed by atoms with E-state index >= 15 is 0 Å². The first-order chi connectivity index (χ1) is 8.86. The molecular formula is C15H28N2O. The SMILES string of the molecule is NCC1(N2CCCC3CCCC32)CCCOCC1. The van der Waals surface area contributed by atoms with Crippen molar-refractivity contribution in [1.82, 2.24) is 4.90 Å². The third kappa shape index (κ3) is 2.21. The summed E-state index contributed by atoms with van der Waals surface area (Å²) in [6.45, 7) is 3.94. The molecule has 0 spiro atoms. The van der Waals surface area contributed by atoms with Crippen LogP contribution in [-0.4, -0.2) is 42.8 Å². The van der Waals surface area contributed by atoms with Gasteiger partial charge in [0.25, 0.3) is 0 Å². The summed E-state index contributed by atoms with van der Waals surface area (Å²) in [5.74, 6) is 0.964. The van der Waals surface area contributed by atoms with Crippen molar-refractivity contribution in [2.24, 2.45) is 11.7 Å². The highest BCUT2D eigenvalue weighted by Crippen LogP contribution is 2.42. The Bertz CT molecular complexity index is 274. The lowest BCUT2D eigenvalue weighted by atomic mass is 9.82. The van der Waals surface area contributed by atoms with Crippen LogP contribution in [0.3, 0.4) is 0 Å². The number of likely N-dealkylation sites (tertiary alicyclic amines) is 1. The molecule has 1 aliphatic carbocycles. The fourth-order valence-corrected chi connectivity index (χ4v) is 4.64. The zero-order valence-electron chi connectivity index (χ0n) is 11.6. The van der Waals surface area contributed by atoms with E-state index in [-0.39, 0.29) is 5.54 Å². The van der Waals surface area contributed by atoms with Gasteiger partial charge in [0.15, 0.2) is 0 Å². The van der Waals surface area contributed by atoms with Crippen molar-refractivity contribution < 1.29 is 4.74 Å². The minimum absolute atomic E-state index is 0.254. The predicted octanol–water partition coefficient (Wildman–Crippen LogP) is 2.15. The van der Waals surface area contributed by atoms with E-state index in [0.29, 0.717) is 0 Å². The summed E-state index contributed by atoms with van der Waals surface area (Å²) in [6.07, 6.45) is 10.7. The Kier molecular flexibility index (Phi) is 3.92. The number of nitrogens with two attached hydrogens (primary N) is 1. The van der Waals surface area contributed by atoms with E-state index in [1.807, 2.05) is 0 Å². The van der Waals surface area contributed by atoms with Crippen LogP contribution in [0.2, 0.25) is 0 Å². The molecule has 0 bridgehead atoms. The smallest absolute Gasteiger partial charge is 0.0484 e. The first-order valence-corrected chi connectivity index (χ1v) is 7.90. The second-order valence-corrected chi connectivity index (χ2v) is 6.49. The van der Waals surface area contributed by atoms with Crippen LogP contribution in [0.4, 0.5) is 0 Å². The molecule has 0 aromatic carbocycles. The second-order valence-electron chi connectivity index (χ2n) is 6.49. The molecule has 3 fully saturated rings. The van der Waals surface area contributed by atoms with E-state index in [1.165, 1.54) is 51.5 Å². The average Bonchev–Trinajstić information content (AvgIpc) is 2.76. The molecule has 0 amide bonds. The van der Waals surface area contributed by atoms with Gasteiger partial charge in [-0.15, -0.1) is 0 Å². The van der Waals surface area contributed by atoms with Gasteiger partial charge in [0.1, 0.15) is 0 Å². The molecule has 0 aromatic rings. The van der Waals surface area contributed by atoms with Gasteiger partial charge in [-0.05, 0) is 57.4 Å². The van der Waals surface area contributed by atoms with Gasteiger partial charge >= 0.3 is 0 Å². The molecule has 3 nitrogen and oxygen atoms in total. The topological polar surface area (TPSA) is 38.5 Å². The van der Waals surface area contributed by atoms with Crippen molar-refractivity contribution in [1.29, 1.82) is 0 Å². The number of ether oxygens (including phenoxy) is 1. The van der Waals surface area contributed by atoms with Gasteiger partial charge in [0.2, 0.25) is 0 Å². The lowest BCUT2D eigenvalue weighted by Crippen LogP contribution is -2.60. The summed E-state index contributed by atoms with van der Waals surface area (Å²) in [4.78, 5) is 2.82. The lowest BCUT2D eigenvalue weighted by Gasteiger charge is -2.50. The zero-order valence-corrected chi connectivity index (χ0v) is 11.6. The first-order valence-electron chi connectivity index (χ1n) is 7.90. The van der Waals surface area contributed by atoms with E-state index in [4.69, 9.17) is 10.5 Å². The standard InChI is InChI=1S/C15H28N2O/c16-12-15(7-3-10-18-11-8-15)17-9-2-5-13-4-1-6-14(13)17/h13-14H,1-12,16H2. The molecule has 1 saturated carbocycles. The van der Waals surface area contributed by atoms with Crippen LogP contribution in [0.15, 0.2) is 0 Å². The molecular weight excluding hydrogens is 224 g/mol. The van der Waals surface area contributed by atoms with Crippen LogP contribution in [0, 0.1) is 5.92 Å². The number of hydrogen-bond donors (Lipinski definition) is 1. The number of hydrogen-bond acceptors (Lipinski definition) is 3. The highest BCUT2D eigenvalue weighted by atomic mass is 16.5. The third-order valence-corrected chi connectivity index (χ3v) is 5.63. The van der Waals surface area contributed by atoms with Crippen molar-refractivity contribution in [2.75, 3.05) is 26.3 Å². The molecule has 2 saturated heterocycles. The number of rotatable bonds is 2. The van der Waals surface area contributed by atoms with E-state index in [1.54, 1.807) is 0 Å². The highest BCUT2D eigenvalue weighted by molar-refractivity contribution is 5.01. The van der Waals surface area contributed by atoms with Gasteiger partial charge in [0.05, 0.1) is 0 Å². The Balaban J connectivity index is 1.80. The molecule has 0 radical (unpaired) electrons. The molecule has 18 heavy (non-hydrogen) atoms. The van der Waals surface area contributed by atoms with E-state index in [2.05, 4.69) is 4.90 Å². The van der Waals surface area contributed by atoms with Crippen LogP contribution in [0.25, 0.3) is 0 Å². The summed E-state index contributed by atoms with van der Waals surface area (Å²) in [7, 11) is 0. The van der Waals surface area contributed by atoms with Gasteiger partial charge in [-0.2, -0.15) is 0 Å². The van der Waals surface area contributed by atoms with Crippen LogP contribution < -0.4 is 5.73 Å². The fourth-order valence-electron chi connectivity index (χ4n) is 4.64. The average molecular weight is 252 g/mol. The minimum Gasteiger partial charge on any atom is -0.381 e. The predicted molar refractivity (Wildman–Crippen MR) is 73.5 cm³/mol.